The van der Waals surface area contributed by atoms with Crippen molar-refractivity contribution in [1.82, 2.24) is 19.9 Å². The van der Waals surface area contributed by atoms with E-state index in [4.69, 9.17) is 0 Å². The van der Waals surface area contributed by atoms with Crippen LogP contribution in [0.3, 0.4) is 0 Å². The van der Waals surface area contributed by atoms with Gasteiger partial charge in [0.2, 0.25) is 0 Å². The normalized spacial score (nSPS) is 12.7. The second kappa shape index (κ2) is 5.61. The molecule has 0 spiro atoms. The van der Waals surface area contributed by atoms with Crippen molar-refractivity contribution in [3.8, 4) is 0 Å². The van der Waals surface area contributed by atoms with E-state index in [1.165, 1.54) is 6.07 Å². The van der Waals surface area contributed by atoms with Crippen LogP contribution >= 0.6 is 0 Å². The van der Waals surface area contributed by atoms with Gasteiger partial charge in [0.15, 0.2) is 0 Å². The van der Waals surface area contributed by atoms with Crippen LogP contribution in [-0.4, -0.2) is 21.1 Å². The molecule has 2 aromatic heterocycles. The Hall–Kier alpha value is -2.27. The van der Waals surface area contributed by atoms with Crippen molar-refractivity contribution in [3.63, 3.8) is 0 Å². The van der Waals surface area contributed by atoms with Gasteiger partial charge in [-0.3, -0.25) is 4.98 Å². The van der Waals surface area contributed by atoms with Crippen LogP contribution in [0.15, 0.2) is 43.0 Å². The molecule has 0 saturated heterocycles. The van der Waals surface area contributed by atoms with Gasteiger partial charge in [0.05, 0.1) is 24.0 Å². The highest BCUT2D eigenvalue weighted by molar-refractivity contribution is 5.55. The summed E-state index contributed by atoms with van der Waals surface area (Å²) in [7, 11) is 0. The highest BCUT2D eigenvalue weighted by atomic mass is 19.1. The predicted molar refractivity (Wildman–Crippen MR) is 79.6 cm³/mol. The van der Waals surface area contributed by atoms with E-state index in [0.29, 0.717) is 0 Å². The molecule has 3 aromatic rings. The monoisotopic (exact) mass is 284 g/mol. The Morgan fingerprint density at radius 1 is 1.29 bits per heavy atom. The van der Waals surface area contributed by atoms with Crippen LogP contribution in [-0.2, 0) is 0 Å². The summed E-state index contributed by atoms with van der Waals surface area (Å²) in [6.45, 7) is 4.70. The Morgan fingerprint density at radius 2 is 2.14 bits per heavy atom. The van der Waals surface area contributed by atoms with E-state index >= 15 is 0 Å². The molecular weight excluding hydrogens is 267 g/mol. The first kappa shape index (κ1) is 13.7. The Labute approximate surface area is 122 Å². The number of halogens is 1. The lowest BCUT2D eigenvalue weighted by Gasteiger charge is -2.18. The highest BCUT2D eigenvalue weighted by Gasteiger charge is 2.18. The Morgan fingerprint density at radius 3 is 2.90 bits per heavy atom. The zero-order valence-electron chi connectivity index (χ0n) is 12.0. The lowest BCUT2D eigenvalue weighted by molar-refractivity contribution is 0.603. The van der Waals surface area contributed by atoms with Crippen LogP contribution in [0.1, 0.15) is 29.7 Å². The molecule has 0 aliphatic rings. The van der Waals surface area contributed by atoms with Crippen LogP contribution in [0, 0.1) is 12.7 Å². The molecule has 2 heterocycles. The lowest BCUT2D eigenvalue weighted by atomic mass is 9.98. The summed E-state index contributed by atoms with van der Waals surface area (Å²) in [5.41, 5.74) is 3.72. The number of aryl methyl sites for hydroxylation is 1. The van der Waals surface area contributed by atoms with Gasteiger partial charge in [-0.05, 0) is 36.7 Å². The van der Waals surface area contributed by atoms with Gasteiger partial charge in [-0.25, -0.2) is 8.91 Å². The molecule has 21 heavy (non-hydrogen) atoms. The van der Waals surface area contributed by atoms with Gasteiger partial charge >= 0.3 is 0 Å². The van der Waals surface area contributed by atoms with Gasteiger partial charge in [0.1, 0.15) is 5.82 Å². The molecule has 0 saturated carbocycles. The third-order valence-corrected chi connectivity index (χ3v) is 3.47. The molecule has 0 bridgehead atoms. The van der Waals surface area contributed by atoms with Crippen LogP contribution in [0.5, 0.6) is 0 Å². The molecule has 1 aromatic carbocycles. The first-order chi connectivity index (χ1) is 10.2. The van der Waals surface area contributed by atoms with Crippen LogP contribution in [0.25, 0.3) is 5.52 Å². The van der Waals surface area contributed by atoms with Crippen molar-refractivity contribution in [1.29, 1.82) is 0 Å². The van der Waals surface area contributed by atoms with Gasteiger partial charge in [0, 0.05) is 18.0 Å². The molecule has 0 amide bonds. The number of nitrogens with zero attached hydrogens (tertiary/aromatic N) is 3. The number of hydrogen-bond donors (Lipinski definition) is 1. The molecule has 0 radical (unpaired) electrons. The fourth-order valence-corrected chi connectivity index (χ4v) is 2.62. The summed E-state index contributed by atoms with van der Waals surface area (Å²) >= 11 is 0. The van der Waals surface area contributed by atoms with Crippen molar-refractivity contribution in [2.45, 2.75) is 19.9 Å². The number of fused-ring (bicyclic) bond motifs is 1. The first-order valence-corrected chi connectivity index (χ1v) is 6.96. The lowest BCUT2D eigenvalue weighted by Crippen LogP contribution is -2.22. The average molecular weight is 284 g/mol. The minimum absolute atomic E-state index is 0.105. The summed E-state index contributed by atoms with van der Waals surface area (Å²) < 4.78 is 15.5. The highest BCUT2D eigenvalue weighted by Crippen LogP contribution is 2.26. The van der Waals surface area contributed by atoms with E-state index < -0.39 is 0 Å². The number of benzene rings is 1. The maximum atomic E-state index is 13.7. The van der Waals surface area contributed by atoms with Crippen molar-refractivity contribution in [2.24, 2.45) is 0 Å². The van der Waals surface area contributed by atoms with Gasteiger partial charge in [0.25, 0.3) is 0 Å². The van der Waals surface area contributed by atoms with Crippen LogP contribution < -0.4 is 5.32 Å². The number of hydrogen-bond acceptors (Lipinski definition) is 3. The second-order valence-electron chi connectivity index (χ2n) is 5.06. The average Bonchev–Trinajstić information content (AvgIpc) is 2.87. The predicted octanol–water partition coefficient (Wildman–Crippen LogP) is 2.88. The van der Waals surface area contributed by atoms with Crippen molar-refractivity contribution in [2.75, 3.05) is 6.54 Å². The standard InChI is InChI=1S/C16H17FN4/c1-3-19-16(12-6-11(2)7-13(17)8-12)14-9-20-21-5-4-18-10-15(14)21/h4-10,16,19H,3H2,1-2H3. The van der Waals surface area contributed by atoms with E-state index in [1.807, 2.05) is 26.1 Å². The minimum Gasteiger partial charge on any atom is -0.306 e. The summed E-state index contributed by atoms with van der Waals surface area (Å²) in [5.74, 6) is -0.220. The van der Waals surface area contributed by atoms with E-state index in [9.17, 15) is 4.39 Å². The van der Waals surface area contributed by atoms with Gasteiger partial charge in [-0.2, -0.15) is 5.10 Å². The largest absolute Gasteiger partial charge is 0.306 e. The molecule has 5 heteroatoms. The molecule has 0 aliphatic carbocycles. The molecule has 1 unspecified atom stereocenters. The van der Waals surface area contributed by atoms with Crippen molar-refractivity contribution in [3.05, 3.63) is 65.5 Å². The first-order valence-electron chi connectivity index (χ1n) is 6.96. The van der Waals surface area contributed by atoms with E-state index in [1.54, 1.807) is 29.2 Å². The summed E-state index contributed by atoms with van der Waals surface area (Å²) in [6.07, 6.45) is 7.08. The molecule has 0 aliphatic heterocycles. The zero-order chi connectivity index (χ0) is 14.8. The number of nitrogens with one attached hydrogen (secondary N) is 1. The van der Waals surface area contributed by atoms with Crippen molar-refractivity contribution < 1.29 is 4.39 Å². The summed E-state index contributed by atoms with van der Waals surface area (Å²) in [4.78, 5) is 4.15. The molecular formula is C16H17FN4. The Kier molecular flexibility index (Phi) is 3.66. The molecule has 108 valence electrons. The van der Waals surface area contributed by atoms with Crippen molar-refractivity contribution >= 4 is 5.52 Å². The topological polar surface area (TPSA) is 42.2 Å². The third-order valence-electron chi connectivity index (χ3n) is 3.47. The SMILES string of the molecule is CCNC(c1cc(C)cc(F)c1)c1cnn2ccncc12. The molecule has 1 atom stereocenters. The maximum absolute atomic E-state index is 13.7. The Bertz CT molecular complexity index is 746. The minimum atomic E-state index is -0.220. The van der Waals surface area contributed by atoms with E-state index in [2.05, 4.69) is 15.4 Å². The van der Waals surface area contributed by atoms with Gasteiger partial charge in [-0.15, -0.1) is 0 Å². The fraction of sp³-hybridized carbons (Fsp3) is 0.250. The van der Waals surface area contributed by atoms with Gasteiger partial charge in [-0.1, -0.05) is 13.0 Å². The van der Waals surface area contributed by atoms with Crippen LogP contribution in [0.4, 0.5) is 4.39 Å². The molecule has 1 N–H and O–H groups in total. The molecule has 0 fully saturated rings. The molecule has 4 nitrogen and oxygen atoms in total. The summed E-state index contributed by atoms with van der Waals surface area (Å²) in [5, 5.41) is 7.74. The fourth-order valence-electron chi connectivity index (χ4n) is 2.62. The number of rotatable bonds is 4. The quantitative estimate of drug-likeness (QED) is 0.801. The van der Waals surface area contributed by atoms with Gasteiger partial charge < -0.3 is 5.32 Å². The maximum Gasteiger partial charge on any atom is 0.123 e. The smallest absolute Gasteiger partial charge is 0.123 e. The Balaban J connectivity index is 2.13. The summed E-state index contributed by atoms with van der Waals surface area (Å²) in [6, 6.07) is 4.99. The second-order valence-corrected chi connectivity index (χ2v) is 5.06. The zero-order valence-corrected chi connectivity index (χ0v) is 12.0. The van der Waals surface area contributed by atoms with Crippen LogP contribution in [0.2, 0.25) is 0 Å². The number of aromatic nitrogens is 3. The third kappa shape index (κ3) is 2.64. The molecule has 3 rings (SSSR count). The van der Waals surface area contributed by atoms with E-state index in [-0.39, 0.29) is 11.9 Å². The van der Waals surface area contributed by atoms with E-state index in [0.717, 1.165) is 28.8 Å².